The van der Waals surface area contributed by atoms with Gasteiger partial charge in [0.15, 0.2) is 0 Å². The van der Waals surface area contributed by atoms with Crippen LogP contribution < -0.4 is 5.30 Å². The molecule has 3 aromatic carbocycles. The summed E-state index contributed by atoms with van der Waals surface area (Å²) >= 11 is 0. The van der Waals surface area contributed by atoms with Crippen LogP contribution in [0.1, 0.15) is 16.8 Å². The van der Waals surface area contributed by atoms with Gasteiger partial charge in [-0.05, 0) is 27.6 Å². The molecule has 1 heteroatoms. The highest BCUT2D eigenvalue weighted by Gasteiger charge is 2.24. The Bertz CT molecular complexity index is 746. The van der Waals surface area contributed by atoms with Crippen LogP contribution in [0.3, 0.4) is 0 Å². The van der Waals surface area contributed by atoms with E-state index >= 15 is 0 Å². The van der Waals surface area contributed by atoms with E-state index in [2.05, 4.69) is 78.9 Å². The van der Waals surface area contributed by atoms with Gasteiger partial charge < -0.3 is 0 Å². The summed E-state index contributed by atoms with van der Waals surface area (Å²) in [5.74, 6) is 0. The summed E-state index contributed by atoms with van der Waals surface area (Å²) in [6.07, 6.45) is 0. The standard InChI is InChI=1S/C19H15P/c1-2-8-14(9-3-1)19-17-12-5-4-10-15(17)16-11-6-7-13-18(16)20-19/h1-13,19-20H. The molecule has 0 amide bonds. The Hall–Kier alpha value is -1.91. The molecule has 0 bridgehead atoms. The van der Waals surface area contributed by atoms with Gasteiger partial charge in [-0.1, -0.05) is 87.4 Å². The Morgan fingerprint density at radius 3 is 2.10 bits per heavy atom. The van der Waals surface area contributed by atoms with E-state index in [1.54, 1.807) is 0 Å². The molecular formula is C19H15P. The smallest absolute Gasteiger partial charge is 0.0311 e. The van der Waals surface area contributed by atoms with Crippen LogP contribution in [0.25, 0.3) is 11.1 Å². The molecule has 4 rings (SSSR count). The fourth-order valence-corrected chi connectivity index (χ4v) is 4.62. The van der Waals surface area contributed by atoms with E-state index in [4.69, 9.17) is 0 Å². The monoisotopic (exact) mass is 274 g/mol. The van der Waals surface area contributed by atoms with E-state index in [9.17, 15) is 0 Å². The van der Waals surface area contributed by atoms with Gasteiger partial charge in [-0.25, -0.2) is 0 Å². The van der Waals surface area contributed by atoms with Crippen LogP contribution in [0.4, 0.5) is 0 Å². The first-order valence-corrected chi connectivity index (χ1v) is 8.01. The average Bonchev–Trinajstić information content (AvgIpc) is 2.55. The van der Waals surface area contributed by atoms with E-state index in [0.29, 0.717) is 5.66 Å². The number of benzene rings is 3. The highest BCUT2D eigenvalue weighted by Crippen LogP contribution is 2.48. The molecule has 0 N–H and O–H groups in total. The van der Waals surface area contributed by atoms with Crippen molar-refractivity contribution in [2.24, 2.45) is 0 Å². The van der Waals surface area contributed by atoms with Gasteiger partial charge in [-0.2, -0.15) is 0 Å². The van der Waals surface area contributed by atoms with Crippen molar-refractivity contribution in [3.8, 4) is 11.1 Å². The summed E-state index contributed by atoms with van der Waals surface area (Å²) in [5.41, 5.74) is 6.20. The molecule has 0 radical (unpaired) electrons. The van der Waals surface area contributed by atoms with Gasteiger partial charge in [0.2, 0.25) is 0 Å². The third kappa shape index (κ3) is 1.88. The zero-order chi connectivity index (χ0) is 13.4. The molecule has 0 fully saturated rings. The summed E-state index contributed by atoms with van der Waals surface area (Å²) in [6, 6.07) is 28.6. The minimum absolute atomic E-state index is 0.502. The molecule has 2 unspecified atom stereocenters. The fourth-order valence-electron chi connectivity index (χ4n) is 2.98. The molecule has 0 saturated heterocycles. The minimum Gasteiger partial charge on any atom is -0.0774 e. The Kier molecular flexibility index (Phi) is 2.90. The van der Waals surface area contributed by atoms with Gasteiger partial charge in [0.1, 0.15) is 0 Å². The molecule has 3 aromatic rings. The van der Waals surface area contributed by atoms with Crippen molar-refractivity contribution in [1.29, 1.82) is 0 Å². The van der Waals surface area contributed by atoms with Crippen LogP contribution in [0.2, 0.25) is 0 Å². The largest absolute Gasteiger partial charge is 0.0774 e. The average molecular weight is 274 g/mol. The lowest BCUT2D eigenvalue weighted by Crippen LogP contribution is -2.12. The predicted molar refractivity (Wildman–Crippen MR) is 88.1 cm³/mol. The second-order valence-electron chi connectivity index (χ2n) is 5.12. The van der Waals surface area contributed by atoms with Crippen molar-refractivity contribution in [3.05, 3.63) is 90.0 Å². The first-order chi connectivity index (χ1) is 9.93. The number of rotatable bonds is 1. The molecule has 96 valence electrons. The lowest BCUT2D eigenvalue weighted by Gasteiger charge is -2.28. The van der Waals surface area contributed by atoms with Gasteiger partial charge in [-0.15, -0.1) is 0 Å². The number of hydrogen-bond donors (Lipinski definition) is 0. The quantitative estimate of drug-likeness (QED) is 0.561. The van der Waals surface area contributed by atoms with Crippen molar-refractivity contribution in [2.75, 3.05) is 0 Å². The highest BCUT2D eigenvalue weighted by molar-refractivity contribution is 7.48. The Morgan fingerprint density at radius 1 is 0.600 bits per heavy atom. The van der Waals surface area contributed by atoms with Gasteiger partial charge in [0.05, 0.1) is 0 Å². The molecule has 2 atom stereocenters. The minimum atomic E-state index is 0.502. The topological polar surface area (TPSA) is 0 Å². The van der Waals surface area contributed by atoms with Crippen molar-refractivity contribution in [2.45, 2.75) is 5.66 Å². The first-order valence-electron chi connectivity index (χ1n) is 6.93. The fraction of sp³-hybridized carbons (Fsp3) is 0.0526. The zero-order valence-electron chi connectivity index (χ0n) is 11.1. The van der Waals surface area contributed by atoms with E-state index in [0.717, 1.165) is 8.58 Å². The van der Waals surface area contributed by atoms with Crippen molar-refractivity contribution in [1.82, 2.24) is 0 Å². The second kappa shape index (κ2) is 4.89. The molecular weight excluding hydrogens is 259 g/mol. The van der Waals surface area contributed by atoms with Crippen molar-refractivity contribution in [3.63, 3.8) is 0 Å². The van der Waals surface area contributed by atoms with E-state index < -0.39 is 0 Å². The maximum atomic E-state index is 2.29. The molecule has 1 aliphatic heterocycles. The summed E-state index contributed by atoms with van der Waals surface area (Å²) in [7, 11) is 0.808. The van der Waals surface area contributed by atoms with E-state index in [1.807, 2.05) is 0 Å². The normalized spacial score (nSPS) is 17.5. The van der Waals surface area contributed by atoms with Crippen LogP contribution in [0.15, 0.2) is 78.9 Å². The van der Waals surface area contributed by atoms with E-state index in [1.165, 1.54) is 27.6 Å². The van der Waals surface area contributed by atoms with Gasteiger partial charge in [0, 0.05) is 5.66 Å². The SMILES string of the molecule is c1ccc(C2Pc3ccccc3-c3ccccc32)cc1. The Balaban J connectivity index is 1.93. The molecule has 0 aliphatic carbocycles. The third-order valence-electron chi connectivity index (χ3n) is 3.92. The van der Waals surface area contributed by atoms with Gasteiger partial charge >= 0.3 is 0 Å². The van der Waals surface area contributed by atoms with E-state index in [-0.39, 0.29) is 0 Å². The molecule has 0 saturated carbocycles. The highest BCUT2D eigenvalue weighted by atomic mass is 31.1. The molecule has 0 spiro atoms. The predicted octanol–water partition coefficient (Wildman–Crippen LogP) is 4.76. The lowest BCUT2D eigenvalue weighted by molar-refractivity contribution is 1.15. The summed E-state index contributed by atoms with van der Waals surface area (Å²) < 4.78 is 0. The van der Waals surface area contributed by atoms with Crippen molar-refractivity contribution >= 4 is 13.9 Å². The first kappa shape index (κ1) is 11.9. The Morgan fingerprint density at radius 2 is 1.25 bits per heavy atom. The van der Waals surface area contributed by atoms with Gasteiger partial charge in [-0.3, -0.25) is 0 Å². The van der Waals surface area contributed by atoms with Crippen LogP contribution in [0, 0.1) is 0 Å². The number of fused-ring (bicyclic) bond motifs is 3. The molecule has 20 heavy (non-hydrogen) atoms. The maximum absolute atomic E-state index is 2.29. The maximum Gasteiger partial charge on any atom is 0.0311 e. The van der Waals surface area contributed by atoms with Gasteiger partial charge in [0.25, 0.3) is 0 Å². The van der Waals surface area contributed by atoms with Crippen LogP contribution in [-0.2, 0) is 0 Å². The molecule has 1 heterocycles. The summed E-state index contributed by atoms with van der Waals surface area (Å²) in [4.78, 5) is 0. The van der Waals surface area contributed by atoms with Crippen LogP contribution in [-0.4, -0.2) is 0 Å². The Labute approximate surface area is 121 Å². The summed E-state index contributed by atoms with van der Waals surface area (Å²) in [6.45, 7) is 0. The van der Waals surface area contributed by atoms with Crippen LogP contribution >= 0.6 is 8.58 Å². The van der Waals surface area contributed by atoms with Crippen LogP contribution in [0.5, 0.6) is 0 Å². The molecule has 0 nitrogen and oxygen atoms in total. The number of hydrogen-bond acceptors (Lipinski definition) is 0. The molecule has 1 aliphatic rings. The molecule has 0 aromatic heterocycles. The summed E-state index contributed by atoms with van der Waals surface area (Å²) in [5, 5.41) is 1.49. The lowest BCUT2D eigenvalue weighted by atomic mass is 9.94. The second-order valence-corrected chi connectivity index (χ2v) is 6.53. The third-order valence-corrected chi connectivity index (χ3v) is 5.60. The van der Waals surface area contributed by atoms with Crippen molar-refractivity contribution < 1.29 is 0 Å². The zero-order valence-corrected chi connectivity index (χ0v) is 12.1.